The number of fused-ring (bicyclic) bond motifs is 5. The van der Waals surface area contributed by atoms with Crippen molar-refractivity contribution < 1.29 is 0 Å². The monoisotopic (exact) mass is 226 g/mol. The summed E-state index contributed by atoms with van der Waals surface area (Å²) in [7, 11) is 0. The minimum atomic E-state index is 1.20. The molecule has 4 aromatic rings. The van der Waals surface area contributed by atoms with Gasteiger partial charge in [-0.15, -0.1) is 0 Å². The molecule has 0 aliphatic carbocycles. The molecule has 0 aromatic heterocycles. The summed E-state index contributed by atoms with van der Waals surface area (Å²) in [4.78, 5) is 0. The molecule has 4 rings (SSSR count). The first kappa shape index (κ1) is 9.67. The second kappa shape index (κ2) is 3.58. The van der Waals surface area contributed by atoms with Crippen molar-refractivity contribution in [3.05, 3.63) is 72.8 Å². The van der Waals surface area contributed by atoms with E-state index < -0.39 is 0 Å². The van der Waals surface area contributed by atoms with Crippen LogP contribution in [0.3, 0.4) is 0 Å². The molecule has 0 nitrogen and oxygen atoms in total. The van der Waals surface area contributed by atoms with Crippen LogP contribution in [0.5, 0.6) is 0 Å². The van der Waals surface area contributed by atoms with Gasteiger partial charge in [0.1, 0.15) is 0 Å². The minimum Gasteiger partial charge on any atom is -0.0610 e. The van der Waals surface area contributed by atoms with Gasteiger partial charge >= 0.3 is 0 Å². The Hall–Kier alpha value is -2.34. The third-order valence-corrected chi connectivity index (χ3v) is 3.49. The highest BCUT2D eigenvalue weighted by Gasteiger charge is 2.03. The number of hydrogen-bond acceptors (Lipinski definition) is 0. The summed E-state index contributed by atoms with van der Waals surface area (Å²) in [6, 6.07) is 27.5. The molecule has 0 spiro atoms. The zero-order valence-corrected chi connectivity index (χ0v) is 9.77. The molecule has 0 amide bonds. The summed E-state index contributed by atoms with van der Waals surface area (Å²) >= 11 is 0. The van der Waals surface area contributed by atoms with Gasteiger partial charge in [-0.05, 0) is 50.5 Å². The van der Waals surface area contributed by atoms with Gasteiger partial charge in [0.15, 0.2) is 0 Å². The molecule has 0 saturated heterocycles. The van der Waals surface area contributed by atoms with Gasteiger partial charge in [0.05, 0.1) is 0 Å². The number of benzene rings is 4. The van der Waals surface area contributed by atoms with E-state index in [9.17, 15) is 0 Å². The summed E-state index contributed by atoms with van der Waals surface area (Å²) in [6.07, 6.45) is 0. The Bertz CT molecular complexity index is 797. The Balaban J connectivity index is 2.31. The second-order valence-corrected chi connectivity index (χ2v) is 4.51. The standard InChI is InChI=1S/C18H10/c1-3-7-15-13(5-1)9-11-18-16-8-4-2-6-14(16)10-12-17(15)18/h1,3-6,8-12H. The maximum Gasteiger partial charge on any atom is -0.00264 e. The molecular weight excluding hydrogens is 216 g/mol. The predicted molar refractivity (Wildman–Crippen MR) is 76.6 cm³/mol. The van der Waals surface area contributed by atoms with Crippen LogP contribution < -0.4 is 0 Å². The molecule has 0 heteroatoms. The lowest BCUT2D eigenvalue weighted by molar-refractivity contribution is 1.76. The Morgan fingerprint density at radius 2 is 1.56 bits per heavy atom. The van der Waals surface area contributed by atoms with E-state index in [0.717, 1.165) is 0 Å². The summed E-state index contributed by atoms with van der Waals surface area (Å²) < 4.78 is 0. The van der Waals surface area contributed by atoms with Gasteiger partial charge in [0.25, 0.3) is 0 Å². The molecular formula is C18H10. The maximum atomic E-state index is 3.35. The van der Waals surface area contributed by atoms with Crippen LogP contribution in [-0.4, -0.2) is 0 Å². The van der Waals surface area contributed by atoms with Crippen LogP contribution in [0.2, 0.25) is 0 Å². The lowest BCUT2D eigenvalue weighted by Crippen LogP contribution is -1.80. The first-order valence-corrected chi connectivity index (χ1v) is 6.05. The third-order valence-electron chi connectivity index (χ3n) is 3.49. The summed E-state index contributed by atoms with van der Waals surface area (Å²) in [6.45, 7) is 0. The average molecular weight is 226 g/mol. The molecule has 0 aliphatic heterocycles. The maximum absolute atomic E-state index is 3.35. The van der Waals surface area contributed by atoms with Crippen LogP contribution in [0.25, 0.3) is 32.3 Å². The zero-order valence-electron chi connectivity index (χ0n) is 9.77. The van der Waals surface area contributed by atoms with E-state index >= 15 is 0 Å². The molecule has 0 unspecified atom stereocenters. The van der Waals surface area contributed by atoms with E-state index in [4.69, 9.17) is 0 Å². The molecule has 0 N–H and O–H groups in total. The zero-order chi connectivity index (χ0) is 11.9. The average Bonchev–Trinajstić information content (AvgIpc) is 2.46. The molecule has 0 heterocycles. The van der Waals surface area contributed by atoms with Crippen molar-refractivity contribution in [3.8, 4) is 0 Å². The van der Waals surface area contributed by atoms with Crippen LogP contribution >= 0.6 is 0 Å². The molecule has 0 aliphatic rings. The number of rotatable bonds is 0. The van der Waals surface area contributed by atoms with Crippen molar-refractivity contribution in [2.75, 3.05) is 0 Å². The van der Waals surface area contributed by atoms with Crippen molar-refractivity contribution in [1.29, 1.82) is 0 Å². The fourth-order valence-electron chi connectivity index (χ4n) is 2.63. The first-order valence-electron chi connectivity index (χ1n) is 6.05. The van der Waals surface area contributed by atoms with Gasteiger partial charge < -0.3 is 0 Å². The van der Waals surface area contributed by atoms with Gasteiger partial charge in [-0.1, -0.05) is 54.6 Å². The van der Waals surface area contributed by atoms with E-state index in [1.54, 1.807) is 0 Å². The molecule has 4 aromatic carbocycles. The van der Waals surface area contributed by atoms with E-state index in [-0.39, 0.29) is 0 Å². The van der Waals surface area contributed by atoms with Crippen molar-refractivity contribution in [1.82, 2.24) is 0 Å². The van der Waals surface area contributed by atoms with Gasteiger partial charge in [-0.3, -0.25) is 0 Å². The summed E-state index contributed by atoms with van der Waals surface area (Å²) in [5, 5.41) is 7.52. The van der Waals surface area contributed by atoms with E-state index in [1.807, 2.05) is 24.3 Å². The van der Waals surface area contributed by atoms with E-state index in [2.05, 4.69) is 48.5 Å². The molecule has 2 radical (unpaired) electrons. The molecule has 0 atom stereocenters. The highest BCUT2D eigenvalue weighted by atomic mass is 14.1. The Labute approximate surface area is 105 Å². The van der Waals surface area contributed by atoms with Crippen molar-refractivity contribution in [2.24, 2.45) is 0 Å². The van der Waals surface area contributed by atoms with Crippen LogP contribution in [0.15, 0.2) is 60.7 Å². The quantitative estimate of drug-likeness (QED) is 0.380. The van der Waals surface area contributed by atoms with Crippen LogP contribution in [-0.2, 0) is 0 Å². The Morgan fingerprint density at radius 3 is 2.56 bits per heavy atom. The van der Waals surface area contributed by atoms with Crippen molar-refractivity contribution in [2.45, 2.75) is 0 Å². The normalized spacial score (nSPS) is 11.3. The largest absolute Gasteiger partial charge is 0.0610 e. The molecule has 18 heavy (non-hydrogen) atoms. The van der Waals surface area contributed by atoms with Crippen molar-refractivity contribution in [3.63, 3.8) is 0 Å². The van der Waals surface area contributed by atoms with Gasteiger partial charge in [-0.2, -0.15) is 0 Å². The molecule has 82 valence electrons. The highest BCUT2D eigenvalue weighted by Crippen LogP contribution is 2.30. The van der Waals surface area contributed by atoms with Crippen LogP contribution in [0, 0.1) is 12.1 Å². The lowest BCUT2D eigenvalue weighted by atomic mass is 9.97. The van der Waals surface area contributed by atoms with Gasteiger partial charge in [0, 0.05) is 0 Å². The Kier molecular flexibility index (Phi) is 1.92. The van der Waals surface area contributed by atoms with E-state index in [1.165, 1.54) is 32.3 Å². The summed E-state index contributed by atoms with van der Waals surface area (Å²) in [5.41, 5.74) is 0. The summed E-state index contributed by atoms with van der Waals surface area (Å²) in [5.74, 6) is 0. The van der Waals surface area contributed by atoms with Crippen LogP contribution in [0.4, 0.5) is 0 Å². The number of hydrogen-bond donors (Lipinski definition) is 0. The van der Waals surface area contributed by atoms with Gasteiger partial charge in [-0.25, -0.2) is 0 Å². The van der Waals surface area contributed by atoms with Crippen molar-refractivity contribution >= 4 is 32.3 Å². The lowest BCUT2D eigenvalue weighted by Gasteiger charge is -2.06. The van der Waals surface area contributed by atoms with Crippen LogP contribution in [0.1, 0.15) is 0 Å². The third kappa shape index (κ3) is 1.26. The SMILES string of the molecule is [c]1ccc2c(c1)ccc1c3[c]cccc3ccc21. The minimum absolute atomic E-state index is 1.20. The van der Waals surface area contributed by atoms with E-state index in [0.29, 0.717) is 0 Å². The fourth-order valence-corrected chi connectivity index (χ4v) is 2.63. The molecule has 0 saturated carbocycles. The predicted octanol–water partition coefficient (Wildman–Crippen LogP) is 4.75. The fraction of sp³-hybridized carbons (Fsp3) is 0. The Morgan fingerprint density at radius 1 is 0.667 bits per heavy atom. The first-order chi connectivity index (χ1) is 8.93. The van der Waals surface area contributed by atoms with Gasteiger partial charge in [0.2, 0.25) is 0 Å². The molecule has 0 fully saturated rings. The smallest absolute Gasteiger partial charge is 0.00264 e. The topological polar surface area (TPSA) is 0 Å². The molecule has 0 bridgehead atoms. The highest BCUT2D eigenvalue weighted by molar-refractivity contribution is 6.16. The second-order valence-electron chi connectivity index (χ2n) is 4.51.